The zero-order valence-corrected chi connectivity index (χ0v) is 14.8. The Bertz CT molecular complexity index is 776. The standard InChI is InChI=1S/C17H13BrClF4N/c18-13-6-10-2-1-5-24(16(10)8-15(13)20)9-11-3-4-12(7-14(11)19)17(21,22)23/h3-4,6-8H,1-2,5,9H2. The molecule has 3 rings (SSSR count). The van der Waals surface area contributed by atoms with Crippen molar-refractivity contribution < 1.29 is 17.6 Å². The van der Waals surface area contributed by atoms with Gasteiger partial charge in [0, 0.05) is 23.8 Å². The van der Waals surface area contributed by atoms with Gasteiger partial charge in [0.2, 0.25) is 0 Å². The molecule has 0 aliphatic carbocycles. The summed E-state index contributed by atoms with van der Waals surface area (Å²) in [6, 6.07) is 6.55. The number of nitrogens with zero attached hydrogens (tertiary/aromatic N) is 1. The maximum Gasteiger partial charge on any atom is 0.416 e. The Balaban J connectivity index is 1.90. The van der Waals surface area contributed by atoms with Crippen molar-refractivity contribution in [3.63, 3.8) is 0 Å². The van der Waals surface area contributed by atoms with Gasteiger partial charge in [-0.3, -0.25) is 0 Å². The van der Waals surface area contributed by atoms with Crippen LogP contribution in [-0.4, -0.2) is 6.54 Å². The van der Waals surface area contributed by atoms with Gasteiger partial charge >= 0.3 is 6.18 Å². The summed E-state index contributed by atoms with van der Waals surface area (Å²) >= 11 is 9.21. The molecule has 0 bridgehead atoms. The third kappa shape index (κ3) is 3.54. The van der Waals surface area contributed by atoms with Crippen molar-refractivity contribution in [2.45, 2.75) is 25.6 Å². The summed E-state index contributed by atoms with van der Waals surface area (Å²) in [4.78, 5) is 1.95. The molecule has 0 saturated heterocycles. The second kappa shape index (κ2) is 6.56. The molecule has 128 valence electrons. The van der Waals surface area contributed by atoms with Crippen molar-refractivity contribution in [1.82, 2.24) is 0 Å². The molecule has 1 aliphatic heterocycles. The monoisotopic (exact) mass is 421 g/mol. The third-order valence-electron chi connectivity index (χ3n) is 4.08. The Hall–Kier alpha value is -1.27. The fourth-order valence-electron chi connectivity index (χ4n) is 2.87. The molecule has 0 N–H and O–H groups in total. The van der Waals surface area contributed by atoms with Crippen LogP contribution in [0.2, 0.25) is 5.02 Å². The number of aryl methyl sites for hydroxylation is 1. The van der Waals surface area contributed by atoms with Crippen molar-refractivity contribution in [1.29, 1.82) is 0 Å². The highest BCUT2D eigenvalue weighted by atomic mass is 79.9. The van der Waals surface area contributed by atoms with Crippen LogP contribution in [0.1, 0.15) is 23.1 Å². The molecule has 0 amide bonds. The number of anilines is 1. The highest BCUT2D eigenvalue weighted by molar-refractivity contribution is 9.10. The summed E-state index contributed by atoms with van der Waals surface area (Å²) in [7, 11) is 0. The Labute approximate surface area is 150 Å². The van der Waals surface area contributed by atoms with Crippen LogP contribution in [0.3, 0.4) is 0 Å². The van der Waals surface area contributed by atoms with Crippen LogP contribution in [0.5, 0.6) is 0 Å². The first-order valence-electron chi connectivity index (χ1n) is 7.34. The number of hydrogen-bond donors (Lipinski definition) is 0. The number of alkyl halides is 3. The summed E-state index contributed by atoms with van der Waals surface area (Å²) < 4.78 is 52.4. The van der Waals surface area contributed by atoms with Crippen LogP contribution >= 0.6 is 27.5 Å². The second-order valence-corrected chi connectivity index (χ2v) is 6.99. The third-order valence-corrected chi connectivity index (χ3v) is 5.04. The van der Waals surface area contributed by atoms with Gasteiger partial charge in [0.1, 0.15) is 5.82 Å². The normalized spacial score (nSPS) is 14.7. The predicted molar refractivity (Wildman–Crippen MR) is 89.9 cm³/mol. The van der Waals surface area contributed by atoms with Crippen molar-refractivity contribution >= 4 is 33.2 Å². The lowest BCUT2D eigenvalue weighted by atomic mass is 10.0. The van der Waals surface area contributed by atoms with Gasteiger partial charge in [-0.25, -0.2) is 4.39 Å². The van der Waals surface area contributed by atoms with Crippen molar-refractivity contribution in [3.05, 3.63) is 62.3 Å². The fourth-order valence-corrected chi connectivity index (χ4v) is 3.51. The number of hydrogen-bond acceptors (Lipinski definition) is 1. The minimum Gasteiger partial charge on any atom is -0.367 e. The highest BCUT2D eigenvalue weighted by Gasteiger charge is 2.31. The Morgan fingerprint density at radius 2 is 1.92 bits per heavy atom. The van der Waals surface area contributed by atoms with E-state index < -0.39 is 11.7 Å². The topological polar surface area (TPSA) is 3.24 Å². The number of benzene rings is 2. The molecule has 2 aromatic rings. The zero-order valence-electron chi connectivity index (χ0n) is 12.4. The molecule has 0 saturated carbocycles. The molecule has 0 unspecified atom stereocenters. The Kier molecular flexibility index (Phi) is 4.80. The fraction of sp³-hybridized carbons (Fsp3) is 0.294. The van der Waals surface area contributed by atoms with Crippen LogP contribution in [0.4, 0.5) is 23.2 Å². The summed E-state index contributed by atoms with van der Waals surface area (Å²) in [5.74, 6) is -0.362. The summed E-state index contributed by atoms with van der Waals surface area (Å²) in [6.45, 7) is 1.04. The number of fused-ring (bicyclic) bond motifs is 1. The van der Waals surface area contributed by atoms with Gasteiger partial charge in [-0.2, -0.15) is 13.2 Å². The molecule has 0 aromatic heterocycles. The van der Waals surface area contributed by atoms with Gasteiger partial charge in [0.15, 0.2) is 0 Å². The lowest BCUT2D eigenvalue weighted by molar-refractivity contribution is -0.137. The van der Waals surface area contributed by atoms with Gasteiger partial charge in [-0.1, -0.05) is 17.7 Å². The zero-order chi connectivity index (χ0) is 17.5. The molecular weight excluding hydrogens is 410 g/mol. The molecule has 0 spiro atoms. The maximum atomic E-state index is 13.9. The summed E-state index contributed by atoms with van der Waals surface area (Å²) in [6.07, 6.45) is -2.69. The molecular formula is C17H13BrClF4N. The maximum absolute atomic E-state index is 13.9. The van der Waals surface area contributed by atoms with E-state index in [2.05, 4.69) is 15.9 Å². The second-order valence-electron chi connectivity index (χ2n) is 5.72. The highest BCUT2D eigenvalue weighted by Crippen LogP contribution is 2.35. The molecule has 1 nitrogen and oxygen atoms in total. The van der Waals surface area contributed by atoms with E-state index in [1.165, 1.54) is 12.1 Å². The van der Waals surface area contributed by atoms with Crippen LogP contribution in [-0.2, 0) is 19.1 Å². The molecule has 0 fully saturated rings. The average molecular weight is 423 g/mol. The minimum atomic E-state index is -4.42. The first-order chi connectivity index (χ1) is 11.3. The molecule has 0 radical (unpaired) electrons. The lowest BCUT2D eigenvalue weighted by Crippen LogP contribution is -2.29. The van der Waals surface area contributed by atoms with Gasteiger partial charge in [0.05, 0.1) is 10.0 Å². The predicted octanol–water partition coefficient (Wildman–Crippen LogP) is 6.21. The largest absolute Gasteiger partial charge is 0.416 e. The van der Waals surface area contributed by atoms with E-state index in [0.717, 1.165) is 36.2 Å². The quantitative estimate of drug-likeness (QED) is 0.520. The molecule has 1 aliphatic rings. The van der Waals surface area contributed by atoms with Crippen LogP contribution in [0.25, 0.3) is 0 Å². The SMILES string of the molecule is Fc1cc2c(cc1Br)CCCN2Cc1ccc(C(F)(F)F)cc1Cl. The van der Waals surface area contributed by atoms with Crippen molar-refractivity contribution in [2.75, 3.05) is 11.4 Å². The van der Waals surface area contributed by atoms with Gasteiger partial charge in [-0.05, 0) is 64.2 Å². The smallest absolute Gasteiger partial charge is 0.367 e. The Morgan fingerprint density at radius 1 is 1.17 bits per heavy atom. The van der Waals surface area contributed by atoms with E-state index in [0.29, 0.717) is 23.1 Å². The average Bonchev–Trinajstić information content (AvgIpc) is 2.50. The summed E-state index contributed by atoms with van der Waals surface area (Å²) in [5, 5.41) is 0.0644. The first kappa shape index (κ1) is 17.5. The van der Waals surface area contributed by atoms with Gasteiger partial charge < -0.3 is 4.90 Å². The van der Waals surface area contributed by atoms with Crippen molar-refractivity contribution in [2.24, 2.45) is 0 Å². The van der Waals surface area contributed by atoms with E-state index in [9.17, 15) is 17.6 Å². The molecule has 24 heavy (non-hydrogen) atoms. The van der Waals surface area contributed by atoms with Crippen LogP contribution in [0.15, 0.2) is 34.8 Å². The van der Waals surface area contributed by atoms with E-state index in [4.69, 9.17) is 11.6 Å². The van der Waals surface area contributed by atoms with E-state index in [-0.39, 0.29) is 10.8 Å². The van der Waals surface area contributed by atoms with Gasteiger partial charge in [-0.15, -0.1) is 0 Å². The summed E-state index contributed by atoms with van der Waals surface area (Å²) in [5.41, 5.74) is 1.58. The molecule has 2 aromatic carbocycles. The van der Waals surface area contributed by atoms with E-state index in [1.54, 1.807) is 6.07 Å². The van der Waals surface area contributed by atoms with E-state index >= 15 is 0 Å². The van der Waals surface area contributed by atoms with E-state index in [1.807, 2.05) is 4.90 Å². The van der Waals surface area contributed by atoms with Crippen LogP contribution in [0, 0.1) is 5.82 Å². The van der Waals surface area contributed by atoms with Crippen molar-refractivity contribution in [3.8, 4) is 0 Å². The van der Waals surface area contributed by atoms with Crippen LogP contribution < -0.4 is 4.90 Å². The Morgan fingerprint density at radius 3 is 2.58 bits per heavy atom. The van der Waals surface area contributed by atoms with Gasteiger partial charge in [0.25, 0.3) is 0 Å². The molecule has 1 heterocycles. The first-order valence-corrected chi connectivity index (χ1v) is 8.51. The lowest BCUT2D eigenvalue weighted by Gasteiger charge is -2.32. The number of rotatable bonds is 2. The molecule has 0 atom stereocenters. The minimum absolute atomic E-state index is 0.0644. The number of halogens is 6. The molecule has 7 heteroatoms.